The number of thiol groups is 1. The molecule has 0 unspecified atom stereocenters. The lowest BCUT2D eigenvalue weighted by molar-refractivity contribution is 0.0955. The van der Waals surface area contributed by atoms with E-state index in [4.69, 9.17) is 0 Å². The molecule has 15 heavy (non-hydrogen) atoms. The van der Waals surface area contributed by atoms with Crippen LogP contribution in [0.1, 0.15) is 29.3 Å². The molecule has 3 heteroatoms. The highest BCUT2D eigenvalue weighted by Crippen LogP contribution is 2.08. The van der Waals surface area contributed by atoms with E-state index >= 15 is 0 Å². The van der Waals surface area contributed by atoms with Crippen LogP contribution in [-0.2, 0) is 6.42 Å². The number of benzene rings is 1. The highest BCUT2D eigenvalue weighted by Gasteiger charge is 2.03. The van der Waals surface area contributed by atoms with E-state index in [9.17, 15) is 4.79 Å². The summed E-state index contributed by atoms with van der Waals surface area (Å²) < 4.78 is 0. The largest absolute Gasteiger partial charge is 0.352 e. The molecule has 1 N–H and O–H groups in total. The van der Waals surface area contributed by atoms with Gasteiger partial charge in [-0.1, -0.05) is 12.1 Å². The average Bonchev–Trinajstić information content (AvgIpc) is 2.27. The normalized spacial score (nSPS) is 10.0. The summed E-state index contributed by atoms with van der Waals surface area (Å²) in [5, 5.41) is 2.79. The van der Waals surface area contributed by atoms with Gasteiger partial charge in [0.15, 0.2) is 0 Å². The molecule has 0 radical (unpaired) electrons. The molecule has 0 fully saturated rings. The molecule has 0 aliphatic carbocycles. The van der Waals surface area contributed by atoms with Crippen molar-refractivity contribution in [3.05, 3.63) is 35.4 Å². The molecular weight excluding hydrogens is 206 g/mol. The van der Waals surface area contributed by atoms with E-state index in [0.717, 1.165) is 24.2 Å². The number of carbonyl (C=O) groups is 1. The molecule has 0 saturated carbocycles. The Morgan fingerprint density at radius 1 is 1.47 bits per heavy atom. The van der Waals surface area contributed by atoms with Gasteiger partial charge in [-0.2, -0.15) is 12.6 Å². The molecule has 82 valence electrons. The van der Waals surface area contributed by atoms with Gasteiger partial charge in [-0.3, -0.25) is 4.79 Å². The Kier molecular flexibility index (Phi) is 5.26. The van der Waals surface area contributed by atoms with Gasteiger partial charge in [0.1, 0.15) is 0 Å². The number of aryl methyl sites for hydroxylation is 1. The summed E-state index contributed by atoms with van der Waals surface area (Å²) in [6.45, 7) is 2.59. The van der Waals surface area contributed by atoms with E-state index in [2.05, 4.69) is 17.9 Å². The first-order chi connectivity index (χ1) is 7.27. The number of hydrogen-bond donors (Lipinski definition) is 2. The summed E-state index contributed by atoms with van der Waals surface area (Å²) in [5.74, 6) is 0.885. The maximum absolute atomic E-state index is 11.5. The molecule has 0 heterocycles. The first kappa shape index (κ1) is 12.1. The zero-order chi connectivity index (χ0) is 11.1. The molecule has 1 rings (SSSR count). The van der Waals surface area contributed by atoms with Crippen LogP contribution in [0.2, 0.25) is 0 Å². The van der Waals surface area contributed by atoms with E-state index in [1.165, 1.54) is 5.56 Å². The van der Waals surface area contributed by atoms with Crippen molar-refractivity contribution < 1.29 is 4.79 Å². The van der Waals surface area contributed by atoms with Gasteiger partial charge >= 0.3 is 0 Å². The molecule has 0 spiro atoms. The Balaban J connectivity index is 2.69. The van der Waals surface area contributed by atoms with Gasteiger partial charge in [0.2, 0.25) is 0 Å². The smallest absolute Gasteiger partial charge is 0.251 e. The van der Waals surface area contributed by atoms with E-state index in [1.54, 1.807) is 0 Å². The quantitative estimate of drug-likeness (QED) is 0.737. The summed E-state index contributed by atoms with van der Waals surface area (Å²) in [6, 6.07) is 7.77. The minimum absolute atomic E-state index is 0.00484. The van der Waals surface area contributed by atoms with Crippen LogP contribution in [0.4, 0.5) is 0 Å². The van der Waals surface area contributed by atoms with E-state index in [1.807, 2.05) is 31.2 Å². The van der Waals surface area contributed by atoms with Crippen molar-refractivity contribution >= 4 is 18.5 Å². The number of carbonyl (C=O) groups excluding carboxylic acids is 1. The Labute approximate surface area is 96.5 Å². The minimum atomic E-state index is 0.00484. The Morgan fingerprint density at radius 2 is 2.27 bits per heavy atom. The number of hydrogen-bond acceptors (Lipinski definition) is 2. The van der Waals surface area contributed by atoms with Gasteiger partial charge in [0.05, 0.1) is 0 Å². The third kappa shape index (κ3) is 3.96. The SMILES string of the molecule is CCNC(=O)c1cccc(CCCS)c1. The van der Waals surface area contributed by atoms with Crippen molar-refractivity contribution in [2.45, 2.75) is 19.8 Å². The van der Waals surface area contributed by atoms with Crippen LogP contribution in [0.15, 0.2) is 24.3 Å². The van der Waals surface area contributed by atoms with E-state index in [-0.39, 0.29) is 5.91 Å². The topological polar surface area (TPSA) is 29.1 Å². The first-order valence-electron chi connectivity index (χ1n) is 5.26. The van der Waals surface area contributed by atoms with Gasteiger partial charge in [-0.05, 0) is 43.2 Å². The van der Waals surface area contributed by atoms with Crippen molar-refractivity contribution in [2.24, 2.45) is 0 Å². The van der Waals surface area contributed by atoms with Gasteiger partial charge in [0.25, 0.3) is 5.91 Å². The predicted octanol–water partition coefficient (Wildman–Crippen LogP) is 2.30. The fraction of sp³-hybridized carbons (Fsp3) is 0.417. The Hall–Kier alpha value is -0.960. The molecule has 1 amide bonds. The van der Waals surface area contributed by atoms with Gasteiger partial charge in [-0.25, -0.2) is 0 Å². The highest BCUT2D eigenvalue weighted by atomic mass is 32.1. The van der Waals surface area contributed by atoms with Gasteiger partial charge in [-0.15, -0.1) is 0 Å². The number of amides is 1. The lowest BCUT2D eigenvalue weighted by Crippen LogP contribution is -2.22. The molecule has 0 aromatic heterocycles. The van der Waals surface area contributed by atoms with Crippen molar-refractivity contribution in [1.29, 1.82) is 0 Å². The molecule has 0 aliphatic rings. The second-order valence-electron chi connectivity index (χ2n) is 3.39. The van der Waals surface area contributed by atoms with Gasteiger partial charge in [0, 0.05) is 12.1 Å². The predicted molar refractivity (Wildman–Crippen MR) is 66.6 cm³/mol. The summed E-state index contributed by atoms with van der Waals surface area (Å²) in [5.41, 5.74) is 1.95. The third-order valence-electron chi connectivity index (χ3n) is 2.15. The van der Waals surface area contributed by atoms with Crippen LogP contribution in [0.5, 0.6) is 0 Å². The second-order valence-corrected chi connectivity index (χ2v) is 3.83. The van der Waals surface area contributed by atoms with Gasteiger partial charge < -0.3 is 5.32 Å². The minimum Gasteiger partial charge on any atom is -0.352 e. The van der Waals surface area contributed by atoms with E-state index < -0.39 is 0 Å². The standard InChI is InChI=1S/C12H17NOS/c1-2-13-12(14)11-7-3-5-10(9-11)6-4-8-15/h3,5,7,9,15H,2,4,6,8H2,1H3,(H,13,14). The molecule has 0 bridgehead atoms. The number of rotatable bonds is 5. The molecule has 2 nitrogen and oxygen atoms in total. The average molecular weight is 223 g/mol. The van der Waals surface area contributed by atoms with Crippen LogP contribution in [-0.4, -0.2) is 18.2 Å². The fourth-order valence-corrected chi connectivity index (χ4v) is 1.57. The van der Waals surface area contributed by atoms with Crippen molar-refractivity contribution in [3.8, 4) is 0 Å². The molecule has 1 aromatic rings. The molecular formula is C12H17NOS. The fourth-order valence-electron chi connectivity index (χ4n) is 1.41. The van der Waals surface area contributed by atoms with Crippen LogP contribution in [0.25, 0.3) is 0 Å². The number of nitrogens with one attached hydrogen (secondary N) is 1. The monoisotopic (exact) mass is 223 g/mol. The van der Waals surface area contributed by atoms with Crippen molar-refractivity contribution in [2.75, 3.05) is 12.3 Å². The lowest BCUT2D eigenvalue weighted by Gasteiger charge is -2.04. The molecule has 0 atom stereocenters. The van der Waals surface area contributed by atoms with Crippen molar-refractivity contribution in [1.82, 2.24) is 5.32 Å². The highest BCUT2D eigenvalue weighted by molar-refractivity contribution is 7.80. The zero-order valence-electron chi connectivity index (χ0n) is 8.99. The van der Waals surface area contributed by atoms with Crippen LogP contribution < -0.4 is 5.32 Å². The second kappa shape index (κ2) is 6.51. The van der Waals surface area contributed by atoms with Crippen LogP contribution >= 0.6 is 12.6 Å². The van der Waals surface area contributed by atoms with Crippen molar-refractivity contribution in [3.63, 3.8) is 0 Å². The maximum atomic E-state index is 11.5. The molecule has 1 aromatic carbocycles. The summed E-state index contributed by atoms with van der Waals surface area (Å²) >= 11 is 4.17. The maximum Gasteiger partial charge on any atom is 0.251 e. The summed E-state index contributed by atoms with van der Waals surface area (Å²) in [7, 11) is 0. The molecule has 0 saturated heterocycles. The Bertz CT molecular complexity index is 325. The van der Waals surface area contributed by atoms with Crippen LogP contribution in [0, 0.1) is 0 Å². The third-order valence-corrected chi connectivity index (χ3v) is 2.47. The zero-order valence-corrected chi connectivity index (χ0v) is 9.89. The summed E-state index contributed by atoms with van der Waals surface area (Å²) in [6.07, 6.45) is 2.03. The first-order valence-corrected chi connectivity index (χ1v) is 5.89. The van der Waals surface area contributed by atoms with E-state index in [0.29, 0.717) is 6.54 Å². The Morgan fingerprint density at radius 3 is 2.93 bits per heavy atom. The molecule has 0 aliphatic heterocycles. The van der Waals surface area contributed by atoms with Crippen LogP contribution in [0.3, 0.4) is 0 Å². The lowest BCUT2D eigenvalue weighted by atomic mass is 10.1. The summed E-state index contributed by atoms with van der Waals surface area (Å²) in [4.78, 5) is 11.5.